The van der Waals surface area contributed by atoms with Crippen molar-refractivity contribution in [3.8, 4) is 0 Å². The molecule has 1 saturated carbocycles. The number of nitrogens with zero attached hydrogens (tertiary/aromatic N) is 1. The average Bonchev–Trinajstić information content (AvgIpc) is 3.21. The molecule has 0 bridgehead atoms. The molecule has 1 aromatic rings. The first-order chi connectivity index (χ1) is 9.58. The number of pyridine rings is 1. The summed E-state index contributed by atoms with van der Waals surface area (Å²) in [6.07, 6.45) is 4.39. The number of halogens is 2. The lowest BCUT2D eigenvalue weighted by atomic mass is 9.97. The number of hydrogen-bond donors (Lipinski definition) is 2. The van der Waals surface area contributed by atoms with Gasteiger partial charge in [-0.2, -0.15) is 0 Å². The van der Waals surface area contributed by atoms with Crippen molar-refractivity contribution in [2.24, 2.45) is 11.8 Å². The molecule has 1 atom stereocenters. The maximum absolute atomic E-state index is 12.0. The Morgan fingerprint density at radius 3 is 2.59 bits per heavy atom. The Bertz CT molecular complexity index is 464. The summed E-state index contributed by atoms with van der Waals surface area (Å²) in [6.45, 7) is 7.61. The third-order valence-electron chi connectivity index (χ3n) is 3.74. The second-order valence-electron chi connectivity index (χ2n) is 6.07. The monoisotopic (exact) mass is 347 g/mol. The minimum Gasteiger partial charge on any atom is -0.346 e. The van der Waals surface area contributed by atoms with Crippen LogP contribution >= 0.6 is 24.8 Å². The van der Waals surface area contributed by atoms with Gasteiger partial charge in [0, 0.05) is 6.20 Å². The summed E-state index contributed by atoms with van der Waals surface area (Å²) >= 11 is 0. The predicted molar refractivity (Wildman–Crippen MR) is 94.8 cm³/mol. The zero-order valence-corrected chi connectivity index (χ0v) is 15.1. The van der Waals surface area contributed by atoms with Crippen LogP contribution in [0.2, 0.25) is 0 Å². The van der Waals surface area contributed by atoms with E-state index in [1.807, 2.05) is 19.1 Å². The van der Waals surface area contributed by atoms with Gasteiger partial charge in [-0.05, 0) is 49.8 Å². The van der Waals surface area contributed by atoms with E-state index in [0.29, 0.717) is 12.5 Å². The standard InChI is InChI=1S/C16H25N3O.2ClH/c1-11(2)15(16-12(3)5-4-8-18-16)19-14(20)10-17-9-13-6-7-13;;/h4-5,8,11,13,15,17H,6-7,9-10H2,1-3H3,(H,19,20);2*1H. The quantitative estimate of drug-likeness (QED) is 0.796. The Kier molecular flexibility index (Phi) is 9.65. The van der Waals surface area contributed by atoms with Crippen LogP contribution in [0.3, 0.4) is 0 Å². The fourth-order valence-corrected chi connectivity index (χ4v) is 2.31. The van der Waals surface area contributed by atoms with E-state index in [1.165, 1.54) is 12.8 Å². The minimum absolute atomic E-state index is 0. The van der Waals surface area contributed by atoms with E-state index in [1.54, 1.807) is 6.20 Å². The van der Waals surface area contributed by atoms with E-state index in [0.717, 1.165) is 23.7 Å². The van der Waals surface area contributed by atoms with Gasteiger partial charge in [-0.1, -0.05) is 19.9 Å². The molecule has 0 saturated heterocycles. The number of carbonyl (C=O) groups is 1. The van der Waals surface area contributed by atoms with E-state index < -0.39 is 0 Å². The van der Waals surface area contributed by atoms with Crippen LogP contribution in [-0.4, -0.2) is 24.0 Å². The zero-order chi connectivity index (χ0) is 14.5. The van der Waals surface area contributed by atoms with E-state index in [4.69, 9.17) is 0 Å². The number of aromatic nitrogens is 1. The SMILES string of the molecule is Cc1cccnc1C(NC(=O)CNCC1CC1)C(C)C.Cl.Cl. The summed E-state index contributed by atoms with van der Waals surface area (Å²) < 4.78 is 0. The van der Waals surface area contributed by atoms with Gasteiger partial charge in [0.05, 0.1) is 18.3 Å². The second-order valence-corrected chi connectivity index (χ2v) is 6.07. The third-order valence-corrected chi connectivity index (χ3v) is 3.74. The van der Waals surface area contributed by atoms with Gasteiger partial charge in [0.1, 0.15) is 0 Å². The fourth-order valence-electron chi connectivity index (χ4n) is 2.31. The molecule has 6 heteroatoms. The number of nitrogens with one attached hydrogen (secondary N) is 2. The molecule has 2 rings (SSSR count). The molecule has 126 valence electrons. The molecule has 2 N–H and O–H groups in total. The molecular formula is C16H27Cl2N3O. The molecule has 0 aliphatic heterocycles. The summed E-state index contributed by atoms with van der Waals surface area (Å²) in [7, 11) is 0. The molecule has 4 nitrogen and oxygen atoms in total. The highest BCUT2D eigenvalue weighted by atomic mass is 35.5. The molecule has 0 spiro atoms. The maximum atomic E-state index is 12.0. The molecule has 1 aliphatic rings. The second kappa shape index (κ2) is 10.0. The van der Waals surface area contributed by atoms with E-state index in [9.17, 15) is 4.79 Å². The van der Waals surface area contributed by atoms with Crippen LogP contribution in [0.5, 0.6) is 0 Å². The smallest absolute Gasteiger partial charge is 0.234 e. The third kappa shape index (κ3) is 6.51. The molecule has 0 radical (unpaired) electrons. The summed E-state index contributed by atoms with van der Waals surface area (Å²) in [6, 6.07) is 3.94. The Morgan fingerprint density at radius 2 is 2.05 bits per heavy atom. The number of amides is 1. The van der Waals surface area contributed by atoms with E-state index in [2.05, 4.69) is 29.5 Å². The van der Waals surface area contributed by atoms with Crippen molar-refractivity contribution < 1.29 is 4.79 Å². The highest BCUT2D eigenvalue weighted by molar-refractivity contribution is 5.85. The largest absolute Gasteiger partial charge is 0.346 e. The number of rotatable bonds is 7. The first-order valence-corrected chi connectivity index (χ1v) is 7.49. The van der Waals surface area contributed by atoms with Crippen molar-refractivity contribution in [2.75, 3.05) is 13.1 Å². The number of carbonyl (C=O) groups excluding carboxylic acids is 1. The number of aryl methyl sites for hydroxylation is 1. The molecule has 22 heavy (non-hydrogen) atoms. The van der Waals surface area contributed by atoms with Crippen LogP contribution in [0.25, 0.3) is 0 Å². The highest BCUT2D eigenvalue weighted by Gasteiger charge is 2.23. The fraction of sp³-hybridized carbons (Fsp3) is 0.625. The molecule has 1 fully saturated rings. The Hall–Kier alpha value is -0.840. The molecule has 1 aliphatic carbocycles. The average molecular weight is 348 g/mol. The van der Waals surface area contributed by atoms with Crippen LogP contribution in [0.4, 0.5) is 0 Å². The van der Waals surface area contributed by atoms with Gasteiger partial charge < -0.3 is 10.6 Å². The van der Waals surface area contributed by atoms with Gasteiger partial charge in [0.15, 0.2) is 0 Å². The number of hydrogen-bond acceptors (Lipinski definition) is 3. The lowest BCUT2D eigenvalue weighted by Crippen LogP contribution is -2.39. The van der Waals surface area contributed by atoms with Gasteiger partial charge >= 0.3 is 0 Å². The van der Waals surface area contributed by atoms with Gasteiger partial charge in [-0.3, -0.25) is 9.78 Å². The zero-order valence-electron chi connectivity index (χ0n) is 13.5. The van der Waals surface area contributed by atoms with Crippen molar-refractivity contribution in [2.45, 2.75) is 39.7 Å². The first kappa shape index (κ1) is 21.2. The van der Waals surface area contributed by atoms with Gasteiger partial charge in [-0.15, -0.1) is 24.8 Å². The Morgan fingerprint density at radius 1 is 1.36 bits per heavy atom. The van der Waals surface area contributed by atoms with Gasteiger partial charge in [0.25, 0.3) is 0 Å². The molecule has 1 aromatic heterocycles. The van der Waals surface area contributed by atoms with Crippen molar-refractivity contribution >= 4 is 30.7 Å². The van der Waals surface area contributed by atoms with Crippen molar-refractivity contribution in [3.63, 3.8) is 0 Å². The molecule has 1 unspecified atom stereocenters. The molecule has 1 heterocycles. The summed E-state index contributed by atoms with van der Waals surface area (Å²) in [5, 5.41) is 6.33. The van der Waals surface area contributed by atoms with Gasteiger partial charge in [-0.25, -0.2) is 0 Å². The topological polar surface area (TPSA) is 54.0 Å². The lowest BCUT2D eigenvalue weighted by molar-refractivity contribution is -0.121. The normalized spacial score (nSPS) is 14.7. The highest BCUT2D eigenvalue weighted by Crippen LogP contribution is 2.27. The lowest BCUT2D eigenvalue weighted by Gasteiger charge is -2.23. The predicted octanol–water partition coefficient (Wildman–Crippen LogP) is 3.05. The van der Waals surface area contributed by atoms with Crippen LogP contribution in [0.1, 0.15) is 44.0 Å². The van der Waals surface area contributed by atoms with Crippen LogP contribution in [0.15, 0.2) is 18.3 Å². The van der Waals surface area contributed by atoms with Crippen LogP contribution in [-0.2, 0) is 4.79 Å². The maximum Gasteiger partial charge on any atom is 0.234 e. The molecule has 1 amide bonds. The summed E-state index contributed by atoms with van der Waals surface area (Å²) in [5.74, 6) is 1.16. The van der Waals surface area contributed by atoms with Gasteiger partial charge in [0.2, 0.25) is 5.91 Å². The van der Waals surface area contributed by atoms with Crippen LogP contribution < -0.4 is 10.6 Å². The van der Waals surface area contributed by atoms with E-state index >= 15 is 0 Å². The van der Waals surface area contributed by atoms with Crippen molar-refractivity contribution in [1.29, 1.82) is 0 Å². The summed E-state index contributed by atoms with van der Waals surface area (Å²) in [4.78, 5) is 16.5. The van der Waals surface area contributed by atoms with Crippen molar-refractivity contribution in [1.82, 2.24) is 15.6 Å². The first-order valence-electron chi connectivity index (χ1n) is 7.49. The van der Waals surface area contributed by atoms with Crippen LogP contribution in [0, 0.1) is 18.8 Å². The van der Waals surface area contributed by atoms with E-state index in [-0.39, 0.29) is 36.8 Å². The molecule has 0 aromatic carbocycles. The molecular weight excluding hydrogens is 321 g/mol. The van der Waals surface area contributed by atoms with Crippen molar-refractivity contribution in [3.05, 3.63) is 29.6 Å². The Labute approximate surface area is 145 Å². The minimum atomic E-state index is -0.0218. The Balaban J connectivity index is 0.00000220. The summed E-state index contributed by atoms with van der Waals surface area (Å²) in [5.41, 5.74) is 2.09.